The lowest BCUT2D eigenvalue weighted by molar-refractivity contribution is -0.149. The molecule has 36 heavy (non-hydrogen) atoms. The van der Waals surface area contributed by atoms with E-state index < -0.39 is 0 Å². The fourth-order valence-corrected chi connectivity index (χ4v) is 5.16. The molecule has 0 radical (unpaired) electrons. The SMILES string of the molecule is CC(=O)Nc1cc(Cl)c(C)cc1/C=C/C(=O)N1C2CN(Cc3ccc(F)cc3)CC1CN(C(C)=O)C2. The molecule has 2 aliphatic heterocycles. The standard InChI is InChI=1S/C27H30ClFN4O3/c1-17-10-21(26(11-25(17)28)30-18(2)34)6-9-27(36)33-23-13-31(12-20-4-7-22(29)8-5-20)14-24(33)16-32(15-23)19(3)35/h4-11,23-24H,12-16H2,1-3H3,(H,30,34)/b9-6+. The highest BCUT2D eigenvalue weighted by molar-refractivity contribution is 6.31. The second-order valence-electron chi connectivity index (χ2n) is 9.50. The van der Waals surface area contributed by atoms with Gasteiger partial charge in [-0.15, -0.1) is 0 Å². The number of hydrogen-bond donors (Lipinski definition) is 1. The van der Waals surface area contributed by atoms with E-state index in [0.717, 1.165) is 11.1 Å². The van der Waals surface area contributed by atoms with Gasteiger partial charge in [0, 0.05) is 63.4 Å². The zero-order valence-electron chi connectivity index (χ0n) is 20.6. The Bertz CT molecular complexity index is 1180. The van der Waals surface area contributed by atoms with E-state index in [9.17, 15) is 18.8 Å². The number of hydrogen-bond acceptors (Lipinski definition) is 4. The summed E-state index contributed by atoms with van der Waals surface area (Å²) in [6.45, 7) is 7.61. The number of anilines is 1. The van der Waals surface area contributed by atoms with E-state index in [0.29, 0.717) is 49.0 Å². The lowest BCUT2D eigenvalue weighted by Gasteiger charge is -2.52. The topological polar surface area (TPSA) is 73.0 Å². The van der Waals surface area contributed by atoms with E-state index in [2.05, 4.69) is 10.2 Å². The molecule has 2 unspecified atom stereocenters. The van der Waals surface area contributed by atoms with Gasteiger partial charge in [-0.25, -0.2) is 4.39 Å². The Morgan fingerprint density at radius 1 is 1.06 bits per heavy atom. The second kappa shape index (κ2) is 10.8. The van der Waals surface area contributed by atoms with Crippen LogP contribution in [0.5, 0.6) is 0 Å². The Morgan fingerprint density at radius 3 is 2.28 bits per heavy atom. The fourth-order valence-electron chi connectivity index (χ4n) is 5.00. The minimum absolute atomic E-state index is 0.00351. The average molecular weight is 513 g/mol. The summed E-state index contributed by atoms with van der Waals surface area (Å²) in [6.07, 6.45) is 3.22. The first-order valence-corrected chi connectivity index (χ1v) is 12.3. The molecule has 0 saturated carbocycles. The molecule has 2 aromatic carbocycles. The van der Waals surface area contributed by atoms with Gasteiger partial charge in [0.1, 0.15) is 5.82 Å². The van der Waals surface area contributed by atoms with Gasteiger partial charge in [-0.1, -0.05) is 23.7 Å². The van der Waals surface area contributed by atoms with Gasteiger partial charge in [0.25, 0.3) is 0 Å². The van der Waals surface area contributed by atoms with Crippen LogP contribution < -0.4 is 5.32 Å². The summed E-state index contributed by atoms with van der Waals surface area (Å²) in [6, 6.07) is 9.62. The van der Waals surface area contributed by atoms with Crippen LogP contribution in [0.2, 0.25) is 5.02 Å². The first kappa shape index (κ1) is 25.9. The number of benzene rings is 2. The van der Waals surface area contributed by atoms with Crippen LogP contribution in [0.15, 0.2) is 42.5 Å². The van der Waals surface area contributed by atoms with Crippen LogP contribution in [0.3, 0.4) is 0 Å². The first-order chi connectivity index (χ1) is 17.1. The van der Waals surface area contributed by atoms with Crippen molar-refractivity contribution in [3.63, 3.8) is 0 Å². The predicted molar refractivity (Wildman–Crippen MR) is 138 cm³/mol. The number of rotatable bonds is 5. The first-order valence-electron chi connectivity index (χ1n) is 11.9. The molecule has 1 N–H and O–H groups in total. The van der Waals surface area contributed by atoms with Crippen molar-refractivity contribution in [1.82, 2.24) is 14.7 Å². The summed E-state index contributed by atoms with van der Waals surface area (Å²) in [5, 5.41) is 3.29. The molecule has 0 aliphatic carbocycles. The van der Waals surface area contributed by atoms with E-state index in [1.165, 1.54) is 25.1 Å². The Kier molecular flexibility index (Phi) is 7.76. The lowest BCUT2D eigenvalue weighted by atomic mass is 9.98. The van der Waals surface area contributed by atoms with Crippen molar-refractivity contribution < 1.29 is 18.8 Å². The van der Waals surface area contributed by atoms with Crippen LogP contribution in [-0.4, -0.2) is 70.7 Å². The van der Waals surface area contributed by atoms with Gasteiger partial charge in [-0.05, 0) is 54.0 Å². The highest BCUT2D eigenvalue weighted by Crippen LogP contribution is 2.28. The molecule has 190 valence electrons. The molecular formula is C27H30ClFN4O3. The predicted octanol–water partition coefficient (Wildman–Crippen LogP) is 3.70. The van der Waals surface area contributed by atoms with Crippen molar-refractivity contribution in [3.8, 4) is 0 Å². The summed E-state index contributed by atoms with van der Waals surface area (Å²) < 4.78 is 13.3. The highest BCUT2D eigenvalue weighted by atomic mass is 35.5. The van der Waals surface area contributed by atoms with Gasteiger partial charge >= 0.3 is 0 Å². The van der Waals surface area contributed by atoms with Crippen LogP contribution in [0, 0.1) is 12.7 Å². The van der Waals surface area contributed by atoms with E-state index in [1.54, 1.807) is 36.1 Å². The van der Waals surface area contributed by atoms with E-state index in [-0.39, 0.29) is 35.6 Å². The molecule has 2 bridgehead atoms. The number of nitrogens with one attached hydrogen (secondary N) is 1. The monoisotopic (exact) mass is 512 g/mol. The molecule has 2 saturated heterocycles. The number of fused-ring (bicyclic) bond motifs is 2. The van der Waals surface area contributed by atoms with Gasteiger partial charge in [-0.2, -0.15) is 0 Å². The number of carbonyl (C=O) groups excluding carboxylic acids is 3. The van der Waals surface area contributed by atoms with E-state index in [4.69, 9.17) is 11.6 Å². The molecule has 0 spiro atoms. The van der Waals surface area contributed by atoms with Crippen molar-refractivity contribution in [3.05, 3.63) is 70.0 Å². The zero-order valence-corrected chi connectivity index (χ0v) is 21.4. The third kappa shape index (κ3) is 5.94. The third-order valence-electron chi connectivity index (χ3n) is 6.65. The van der Waals surface area contributed by atoms with Crippen LogP contribution in [0.25, 0.3) is 6.08 Å². The summed E-state index contributed by atoms with van der Waals surface area (Å²) >= 11 is 6.23. The number of aryl methyl sites for hydroxylation is 1. The fraction of sp³-hybridized carbons (Fsp3) is 0.370. The number of carbonyl (C=O) groups is 3. The Balaban J connectivity index is 1.54. The minimum atomic E-state index is -0.271. The molecule has 4 rings (SSSR count). The second-order valence-corrected chi connectivity index (χ2v) is 9.91. The van der Waals surface area contributed by atoms with Gasteiger partial charge in [-0.3, -0.25) is 19.3 Å². The Morgan fingerprint density at radius 2 is 1.69 bits per heavy atom. The third-order valence-corrected chi connectivity index (χ3v) is 7.06. The maximum absolute atomic E-state index is 13.4. The van der Waals surface area contributed by atoms with E-state index in [1.807, 2.05) is 17.9 Å². The molecule has 7 nitrogen and oxygen atoms in total. The van der Waals surface area contributed by atoms with Crippen LogP contribution in [-0.2, 0) is 20.9 Å². The summed E-state index contributed by atoms with van der Waals surface area (Å²) in [5.74, 6) is -0.647. The number of halogens is 2. The molecule has 2 atom stereocenters. The lowest BCUT2D eigenvalue weighted by Crippen LogP contribution is -2.69. The number of nitrogens with zero attached hydrogens (tertiary/aromatic N) is 3. The maximum atomic E-state index is 13.4. The molecule has 9 heteroatoms. The van der Waals surface area contributed by atoms with Crippen LogP contribution in [0.1, 0.15) is 30.5 Å². The van der Waals surface area contributed by atoms with Gasteiger partial charge < -0.3 is 15.1 Å². The molecule has 3 amide bonds. The molecule has 2 heterocycles. The molecular weight excluding hydrogens is 483 g/mol. The van der Waals surface area contributed by atoms with Crippen molar-refractivity contribution in [2.24, 2.45) is 0 Å². The van der Waals surface area contributed by atoms with Gasteiger partial charge in [0.05, 0.1) is 12.1 Å². The number of piperazine rings is 2. The Hall–Kier alpha value is -3.23. The number of amides is 3. The smallest absolute Gasteiger partial charge is 0.247 e. The average Bonchev–Trinajstić information content (AvgIpc) is 2.80. The maximum Gasteiger partial charge on any atom is 0.247 e. The van der Waals surface area contributed by atoms with Crippen molar-refractivity contribution in [1.29, 1.82) is 0 Å². The highest BCUT2D eigenvalue weighted by Gasteiger charge is 2.42. The normalized spacial score (nSPS) is 20.0. The summed E-state index contributed by atoms with van der Waals surface area (Å²) in [4.78, 5) is 43.1. The quantitative estimate of drug-likeness (QED) is 0.620. The molecule has 2 aliphatic rings. The Labute approximate surface area is 215 Å². The van der Waals surface area contributed by atoms with E-state index >= 15 is 0 Å². The van der Waals surface area contributed by atoms with Crippen molar-refractivity contribution in [2.75, 3.05) is 31.5 Å². The van der Waals surface area contributed by atoms with Crippen LogP contribution >= 0.6 is 11.6 Å². The van der Waals surface area contributed by atoms with Crippen LogP contribution in [0.4, 0.5) is 10.1 Å². The minimum Gasteiger partial charge on any atom is -0.339 e. The molecule has 0 aromatic heterocycles. The zero-order chi connectivity index (χ0) is 26.0. The van der Waals surface area contributed by atoms with Crippen molar-refractivity contribution >= 4 is 41.1 Å². The molecule has 2 fully saturated rings. The van der Waals surface area contributed by atoms with Gasteiger partial charge in [0.15, 0.2) is 0 Å². The van der Waals surface area contributed by atoms with Gasteiger partial charge in [0.2, 0.25) is 17.7 Å². The largest absolute Gasteiger partial charge is 0.339 e. The summed E-state index contributed by atoms with van der Waals surface area (Å²) in [5.41, 5.74) is 3.06. The summed E-state index contributed by atoms with van der Waals surface area (Å²) in [7, 11) is 0. The molecule has 2 aromatic rings. The van der Waals surface area contributed by atoms with Crippen molar-refractivity contribution in [2.45, 2.75) is 39.4 Å².